The molecule has 0 amide bonds. The number of carbonyl (C=O) groups is 1. The van der Waals surface area contributed by atoms with Crippen molar-refractivity contribution in [2.75, 3.05) is 13.6 Å². The Labute approximate surface area is 85.7 Å². The maximum absolute atomic E-state index is 12.9. The Balaban J connectivity index is 3.15. The van der Waals surface area contributed by atoms with Gasteiger partial charge >= 0.3 is 0 Å². The van der Waals surface area contributed by atoms with Gasteiger partial charge in [-0.3, -0.25) is 4.79 Å². The van der Waals surface area contributed by atoms with Gasteiger partial charge in [0.05, 0.1) is 13.2 Å². The molecule has 0 saturated carbocycles. The zero-order valence-corrected chi connectivity index (χ0v) is 8.18. The van der Waals surface area contributed by atoms with Gasteiger partial charge in [0, 0.05) is 5.56 Å². The third-order valence-electron chi connectivity index (χ3n) is 1.95. The van der Waals surface area contributed by atoms with Gasteiger partial charge in [0.15, 0.2) is 17.4 Å². The Morgan fingerprint density at radius 3 is 2.53 bits per heavy atom. The van der Waals surface area contributed by atoms with Crippen molar-refractivity contribution in [3.05, 3.63) is 34.9 Å². The molecule has 1 rings (SSSR count). The molecule has 1 aromatic carbocycles. The van der Waals surface area contributed by atoms with Crippen LogP contribution in [0.15, 0.2) is 12.1 Å². The number of ketones is 1. The molecule has 0 heterocycles. The second-order valence-corrected chi connectivity index (χ2v) is 3.04. The lowest BCUT2D eigenvalue weighted by Gasteiger charge is -2.06. The van der Waals surface area contributed by atoms with E-state index in [0.29, 0.717) is 0 Å². The van der Waals surface area contributed by atoms with Gasteiger partial charge in [-0.15, -0.1) is 0 Å². The molecule has 0 aliphatic carbocycles. The predicted molar refractivity (Wildman–Crippen MR) is 50.5 cm³/mol. The maximum atomic E-state index is 12.9. The maximum Gasteiger partial charge on any atom is 0.177 e. The number of benzene rings is 1. The second kappa shape index (κ2) is 4.95. The van der Waals surface area contributed by atoms with Gasteiger partial charge < -0.3 is 10.4 Å². The normalized spacial score (nSPS) is 10.4. The van der Waals surface area contributed by atoms with E-state index in [4.69, 9.17) is 5.11 Å². The molecule has 0 unspecified atom stereocenters. The lowest BCUT2D eigenvalue weighted by molar-refractivity contribution is 0.0990. The molecule has 0 radical (unpaired) electrons. The van der Waals surface area contributed by atoms with Crippen LogP contribution < -0.4 is 5.32 Å². The van der Waals surface area contributed by atoms with E-state index in [1.807, 2.05) is 0 Å². The average molecular weight is 215 g/mol. The number of carbonyl (C=O) groups excluding carboxylic acids is 1. The largest absolute Gasteiger partial charge is 0.392 e. The summed E-state index contributed by atoms with van der Waals surface area (Å²) in [6.45, 7) is -0.486. The van der Waals surface area contributed by atoms with Crippen molar-refractivity contribution in [3.8, 4) is 0 Å². The van der Waals surface area contributed by atoms with Gasteiger partial charge in [0.1, 0.15) is 0 Å². The Morgan fingerprint density at radius 2 is 2.00 bits per heavy atom. The molecular weight excluding hydrogens is 204 g/mol. The molecule has 2 N–H and O–H groups in total. The minimum Gasteiger partial charge on any atom is -0.392 e. The summed E-state index contributed by atoms with van der Waals surface area (Å²) in [5.74, 6) is -2.55. The topological polar surface area (TPSA) is 49.3 Å². The van der Waals surface area contributed by atoms with Crippen molar-refractivity contribution < 1.29 is 18.7 Å². The highest BCUT2D eigenvalue weighted by molar-refractivity contribution is 5.98. The molecule has 5 heteroatoms. The van der Waals surface area contributed by atoms with Crippen LogP contribution in [0.25, 0.3) is 0 Å². The highest BCUT2D eigenvalue weighted by Crippen LogP contribution is 2.15. The standard InChI is InChI=1S/C10H11F2NO2/c1-13-4-10(15)7-3-9(12)8(11)2-6(7)5-14/h2-3,13-14H,4-5H2,1H3. The SMILES string of the molecule is CNCC(=O)c1cc(F)c(F)cc1CO. The van der Waals surface area contributed by atoms with E-state index in [1.165, 1.54) is 0 Å². The van der Waals surface area contributed by atoms with Crippen LogP contribution in [-0.4, -0.2) is 24.5 Å². The Morgan fingerprint density at radius 1 is 1.40 bits per heavy atom. The van der Waals surface area contributed by atoms with Gasteiger partial charge in [-0.25, -0.2) is 8.78 Å². The van der Waals surface area contributed by atoms with Crippen molar-refractivity contribution in [3.63, 3.8) is 0 Å². The first-order valence-electron chi connectivity index (χ1n) is 4.36. The van der Waals surface area contributed by atoms with Crippen molar-refractivity contribution in [2.45, 2.75) is 6.61 Å². The molecular formula is C10H11F2NO2. The molecule has 0 saturated heterocycles. The minimum absolute atomic E-state index is 0.00532. The first-order chi connectivity index (χ1) is 7.10. The van der Waals surface area contributed by atoms with Crippen LogP contribution in [0, 0.1) is 11.6 Å². The van der Waals surface area contributed by atoms with Gasteiger partial charge in [-0.2, -0.15) is 0 Å². The number of likely N-dealkylation sites (N-methyl/N-ethyl adjacent to an activating group) is 1. The third-order valence-corrected chi connectivity index (χ3v) is 1.95. The zero-order valence-electron chi connectivity index (χ0n) is 8.18. The molecule has 15 heavy (non-hydrogen) atoms. The van der Waals surface area contributed by atoms with E-state index in [2.05, 4.69) is 5.32 Å². The summed E-state index contributed by atoms with van der Waals surface area (Å²) < 4.78 is 25.6. The second-order valence-electron chi connectivity index (χ2n) is 3.04. The fraction of sp³-hybridized carbons (Fsp3) is 0.300. The number of halogens is 2. The lowest BCUT2D eigenvalue weighted by atomic mass is 10.0. The van der Waals surface area contributed by atoms with Gasteiger partial charge in [-0.05, 0) is 24.7 Å². The zero-order chi connectivity index (χ0) is 11.4. The molecule has 0 spiro atoms. The summed E-state index contributed by atoms with van der Waals surface area (Å²) in [4.78, 5) is 11.4. The summed E-state index contributed by atoms with van der Waals surface area (Å²) in [6, 6.07) is 1.64. The predicted octanol–water partition coefficient (Wildman–Crippen LogP) is 0.859. The molecule has 0 atom stereocenters. The summed E-state index contributed by atoms with van der Waals surface area (Å²) in [5.41, 5.74) is 0.0971. The van der Waals surface area contributed by atoms with E-state index in [-0.39, 0.29) is 23.5 Å². The van der Waals surface area contributed by atoms with Crippen molar-refractivity contribution in [1.82, 2.24) is 5.32 Å². The summed E-state index contributed by atoms with van der Waals surface area (Å²) in [5, 5.41) is 11.5. The fourth-order valence-electron chi connectivity index (χ4n) is 1.23. The first-order valence-corrected chi connectivity index (χ1v) is 4.36. The van der Waals surface area contributed by atoms with Gasteiger partial charge in [-0.1, -0.05) is 0 Å². The third kappa shape index (κ3) is 2.57. The minimum atomic E-state index is -1.09. The number of nitrogens with one attached hydrogen (secondary N) is 1. The van der Waals surface area contributed by atoms with E-state index in [0.717, 1.165) is 12.1 Å². The highest BCUT2D eigenvalue weighted by atomic mass is 19.2. The van der Waals surface area contributed by atoms with Crippen LogP contribution in [0.5, 0.6) is 0 Å². The van der Waals surface area contributed by atoms with Crippen LogP contribution >= 0.6 is 0 Å². The van der Waals surface area contributed by atoms with Crippen LogP contribution in [-0.2, 0) is 6.61 Å². The van der Waals surface area contributed by atoms with E-state index >= 15 is 0 Å². The van der Waals surface area contributed by atoms with Crippen molar-refractivity contribution in [2.24, 2.45) is 0 Å². The van der Waals surface area contributed by atoms with Crippen LogP contribution in [0.4, 0.5) is 8.78 Å². The van der Waals surface area contributed by atoms with E-state index in [9.17, 15) is 13.6 Å². The molecule has 0 bridgehead atoms. The monoisotopic (exact) mass is 215 g/mol. The Bertz CT molecular complexity index is 380. The molecule has 0 aliphatic rings. The van der Waals surface area contributed by atoms with Crippen LogP contribution in [0.2, 0.25) is 0 Å². The van der Waals surface area contributed by atoms with E-state index in [1.54, 1.807) is 7.05 Å². The number of hydrogen-bond donors (Lipinski definition) is 2. The van der Waals surface area contributed by atoms with Crippen LogP contribution in [0.3, 0.4) is 0 Å². The molecule has 82 valence electrons. The Hall–Kier alpha value is -1.33. The fourth-order valence-corrected chi connectivity index (χ4v) is 1.23. The number of Topliss-reactive ketones (excluding diaryl/α,β-unsaturated/α-hetero) is 1. The van der Waals surface area contributed by atoms with Crippen molar-refractivity contribution >= 4 is 5.78 Å². The van der Waals surface area contributed by atoms with E-state index < -0.39 is 18.2 Å². The summed E-state index contributed by atoms with van der Waals surface area (Å²) in [7, 11) is 1.57. The number of hydrogen-bond acceptors (Lipinski definition) is 3. The van der Waals surface area contributed by atoms with Crippen molar-refractivity contribution in [1.29, 1.82) is 0 Å². The highest BCUT2D eigenvalue weighted by Gasteiger charge is 2.14. The quantitative estimate of drug-likeness (QED) is 0.732. The van der Waals surface area contributed by atoms with Gasteiger partial charge in [0.2, 0.25) is 0 Å². The number of aliphatic hydroxyl groups excluding tert-OH is 1. The number of rotatable bonds is 4. The first kappa shape index (κ1) is 11.7. The molecule has 0 aliphatic heterocycles. The average Bonchev–Trinajstić information content (AvgIpc) is 2.21. The molecule has 1 aromatic rings. The van der Waals surface area contributed by atoms with Crippen LogP contribution in [0.1, 0.15) is 15.9 Å². The Kier molecular flexibility index (Phi) is 3.88. The number of aliphatic hydroxyl groups is 1. The molecule has 0 fully saturated rings. The summed E-state index contributed by atoms with van der Waals surface area (Å²) >= 11 is 0. The van der Waals surface area contributed by atoms with Gasteiger partial charge in [0.25, 0.3) is 0 Å². The lowest BCUT2D eigenvalue weighted by Crippen LogP contribution is -2.20. The molecule has 0 aromatic heterocycles. The molecule has 3 nitrogen and oxygen atoms in total. The smallest absolute Gasteiger partial charge is 0.177 e. The summed E-state index contributed by atoms with van der Waals surface area (Å²) in [6.07, 6.45) is 0.